The van der Waals surface area contributed by atoms with Crippen molar-refractivity contribution in [2.24, 2.45) is 0 Å². The van der Waals surface area contributed by atoms with Crippen LogP contribution in [0.1, 0.15) is 40.5 Å². The summed E-state index contributed by atoms with van der Waals surface area (Å²) in [6.07, 6.45) is 2.45. The van der Waals surface area contributed by atoms with Gasteiger partial charge in [-0.15, -0.1) is 11.3 Å². The van der Waals surface area contributed by atoms with E-state index in [1.54, 1.807) is 11.3 Å². The highest BCUT2D eigenvalue weighted by Gasteiger charge is 2.24. The monoisotopic (exact) mass is 391 g/mol. The maximum Gasteiger partial charge on any atom is 0.253 e. The third-order valence-corrected chi connectivity index (χ3v) is 6.22. The zero-order valence-corrected chi connectivity index (χ0v) is 16.9. The average molecular weight is 392 g/mol. The van der Waals surface area contributed by atoms with Gasteiger partial charge in [0, 0.05) is 6.54 Å². The Kier molecular flexibility index (Phi) is 5.84. The standard InChI is InChI=1S/C23H25N3OS/c1-17-19(11-12-20(25-17)22-10-7-15-28-22)23(27)24-16-21(26-13-5-6-14-26)18-8-3-2-4-9-18/h2-4,7-12,15,21H,5-6,13-14,16H2,1H3,(H,24,27). The summed E-state index contributed by atoms with van der Waals surface area (Å²) in [5, 5.41) is 5.19. The molecule has 28 heavy (non-hydrogen) atoms. The van der Waals surface area contributed by atoms with Gasteiger partial charge in [0.25, 0.3) is 5.91 Å². The molecule has 1 fully saturated rings. The SMILES string of the molecule is Cc1nc(-c2cccs2)ccc1C(=O)NCC(c1ccccc1)N1CCCC1. The molecule has 0 aliphatic carbocycles. The summed E-state index contributed by atoms with van der Waals surface area (Å²) >= 11 is 1.66. The molecule has 0 spiro atoms. The van der Waals surface area contributed by atoms with Crippen LogP contribution >= 0.6 is 11.3 Å². The van der Waals surface area contributed by atoms with Gasteiger partial charge in [-0.25, -0.2) is 0 Å². The normalized spacial score (nSPS) is 15.5. The molecule has 5 heteroatoms. The van der Waals surface area contributed by atoms with Crippen molar-refractivity contribution in [1.82, 2.24) is 15.2 Å². The highest BCUT2D eigenvalue weighted by Crippen LogP contribution is 2.25. The molecule has 3 heterocycles. The number of aryl methyl sites for hydroxylation is 1. The van der Waals surface area contributed by atoms with Gasteiger partial charge in [0.2, 0.25) is 0 Å². The van der Waals surface area contributed by atoms with Crippen LogP contribution in [0.15, 0.2) is 60.0 Å². The number of thiophene rings is 1. The maximum absolute atomic E-state index is 12.8. The summed E-state index contributed by atoms with van der Waals surface area (Å²) in [4.78, 5) is 21.1. The second-order valence-electron chi connectivity index (χ2n) is 7.19. The lowest BCUT2D eigenvalue weighted by Gasteiger charge is -2.28. The van der Waals surface area contributed by atoms with E-state index in [4.69, 9.17) is 0 Å². The van der Waals surface area contributed by atoms with Gasteiger partial charge in [-0.1, -0.05) is 36.4 Å². The topological polar surface area (TPSA) is 45.2 Å². The van der Waals surface area contributed by atoms with E-state index in [0.717, 1.165) is 29.4 Å². The summed E-state index contributed by atoms with van der Waals surface area (Å²) < 4.78 is 0. The van der Waals surface area contributed by atoms with Gasteiger partial charge < -0.3 is 5.32 Å². The molecule has 1 N–H and O–H groups in total. The average Bonchev–Trinajstić information content (AvgIpc) is 3.43. The van der Waals surface area contributed by atoms with Gasteiger partial charge in [-0.3, -0.25) is 14.7 Å². The summed E-state index contributed by atoms with van der Waals surface area (Å²) in [6.45, 7) is 4.69. The van der Waals surface area contributed by atoms with Crippen molar-refractivity contribution in [1.29, 1.82) is 0 Å². The van der Waals surface area contributed by atoms with Crippen molar-refractivity contribution in [3.8, 4) is 10.6 Å². The Morgan fingerprint density at radius 3 is 2.57 bits per heavy atom. The number of hydrogen-bond donors (Lipinski definition) is 1. The lowest BCUT2D eigenvalue weighted by atomic mass is 10.1. The molecule has 4 nitrogen and oxygen atoms in total. The molecule has 4 rings (SSSR count). The van der Waals surface area contributed by atoms with E-state index in [2.05, 4.69) is 39.5 Å². The van der Waals surface area contributed by atoms with E-state index in [9.17, 15) is 4.79 Å². The number of rotatable bonds is 6. The molecule has 0 radical (unpaired) electrons. The van der Waals surface area contributed by atoms with E-state index in [1.807, 2.05) is 42.6 Å². The minimum atomic E-state index is -0.0529. The molecule has 1 aliphatic rings. The molecule has 2 aromatic heterocycles. The van der Waals surface area contributed by atoms with Gasteiger partial charge in [0.1, 0.15) is 0 Å². The first-order chi connectivity index (χ1) is 13.7. The van der Waals surface area contributed by atoms with Gasteiger partial charge in [0.05, 0.1) is 27.9 Å². The quantitative estimate of drug-likeness (QED) is 0.663. The fourth-order valence-electron chi connectivity index (χ4n) is 3.83. The van der Waals surface area contributed by atoms with Gasteiger partial charge >= 0.3 is 0 Å². The van der Waals surface area contributed by atoms with Crippen LogP contribution < -0.4 is 5.32 Å². The van der Waals surface area contributed by atoms with Crippen molar-refractivity contribution >= 4 is 17.2 Å². The van der Waals surface area contributed by atoms with Crippen LogP contribution in [0.25, 0.3) is 10.6 Å². The summed E-state index contributed by atoms with van der Waals surface area (Å²) in [5.74, 6) is -0.0529. The Morgan fingerprint density at radius 1 is 1.11 bits per heavy atom. The number of nitrogens with one attached hydrogen (secondary N) is 1. The summed E-state index contributed by atoms with van der Waals surface area (Å²) in [5.41, 5.74) is 3.59. The minimum Gasteiger partial charge on any atom is -0.350 e. The maximum atomic E-state index is 12.8. The van der Waals surface area contributed by atoms with E-state index < -0.39 is 0 Å². The molecule has 1 aromatic carbocycles. The van der Waals surface area contributed by atoms with Gasteiger partial charge in [-0.2, -0.15) is 0 Å². The van der Waals surface area contributed by atoms with Gasteiger partial charge in [0.15, 0.2) is 0 Å². The first kappa shape index (κ1) is 18.8. The number of aromatic nitrogens is 1. The highest BCUT2D eigenvalue weighted by atomic mass is 32.1. The largest absolute Gasteiger partial charge is 0.350 e. The van der Waals surface area contributed by atoms with Crippen molar-refractivity contribution in [3.05, 3.63) is 76.8 Å². The van der Waals surface area contributed by atoms with Crippen LogP contribution in [0.2, 0.25) is 0 Å². The number of carbonyl (C=O) groups excluding carboxylic acids is 1. The number of amides is 1. The number of pyridine rings is 1. The minimum absolute atomic E-state index is 0.0529. The Bertz CT molecular complexity index is 918. The molecular formula is C23H25N3OS. The fraction of sp³-hybridized carbons (Fsp3) is 0.304. The molecule has 1 unspecified atom stereocenters. The number of carbonyl (C=O) groups is 1. The van der Waals surface area contributed by atoms with E-state index in [-0.39, 0.29) is 11.9 Å². The van der Waals surface area contributed by atoms with E-state index in [1.165, 1.54) is 18.4 Å². The molecule has 0 bridgehead atoms. The van der Waals surface area contributed by atoms with Crippen molar-refractivity contribution in [2.45, 2.75) is 25.8 Å². The Balaban J connectivity index is 1.48. The molecule has 1 amide bonds. The van der Waals surface area contributed by atoms with Crippen LogP contribution in [0.5, 0.6) is 0 Å². The third kappa shape index (κ3) is 4.16. The fourth-order valence-corrected chi connectivity index (χ4v) is 4.53. The zero-order chi connectivity index (χ0) is 19.3. The molecule has 1 atom stereocenters. The third-order valence-electron chi connectivity index (χ3n) is 5.33. The summed E-state index contributed by atoms with van der Waals surface area (Å²) in [6, 6.07) is 18.6. The van der Waals surface area contributed by atoms with Crippen LogP contribution in [-0.2, 0) is 0 Å². The molecule has 3 aromatic rings. The molecule has 0 saturated carbocycles. The summed E-state index contributed by atoms with van der Waals surface area (Å²) in [7, 11) is 0. The van der Waals surface area contributed by atoms with Crippen molar-refractivity contribution < 1.29 is 4.79 Å². The van der Waals surface area contributed by atoms with E-state index in [0.29, 0.717) is 12.1 Å². The number of likely N-dealkylation sites (tertiary alicyclic amines) is 1. The van der Waals surface area contributed by atoms with E-state index >= 15 is 0 Å². The number of hydrogen-bond acceptors (Lipinski definition) is 4. The second-order valence-corrected chi connectivity index (χ2v) is 8.13. The van der Waals surface area contributed by atoms with Crippen LogP contribution in [-0.4, -0.2) is 35.4 Å². The van der Waals surface area contributed by atoms with Crippen molar-refractivity contribution in [3.63, 3.8) is 0 Å². The molecule has 1 saturated heterocycles. The molecule has 144 valence electrons. The van der Waals surface area contributed by atoms with Gasteiger partial charge in [-0.05, 0) is 62.0 Å². The molecule has 1 aliphatic heterocycles. The van der Waals surface area contributed by atoms with Crippen LogP contribution in [0.4, 0.5) is 0 Å². The zero-order valence-electron chi connectivity index (χ0n) is 16.1. The predicted octanol–water partition coefficient (Wildman–Crippen LogP) is 4.69. The second kappa shape index (κ2) is 8.67. The smallest absolute Gasteiger partial charge is 0.253 e. The first-order valence-corrected chi connectivity index (χ1v) is 10.7. The Hall–Kier alpha value is -2.50. The number of nitrogens with zero attached hydrogens (tertiary/aromatic N) is 2. The highest BCUT2D eigenvalue weighted by molar-refractivity contribution is 7.13. The Labute approximate surface area is 170 Å². The lowest BCUT2D eigenvalue weighted by Crippen LogP contribution is -2.37. The lowest BCUT2D eigenvalue weighted by molar-refractivity contribution is 0.0937. The predicted molar refractivity (Wildman–Crippen MR) is 115 cm³/mol. The molecular weight excluding hydrogens is 366 g/mol. The van der Waals surface area contributed by atoms with Crippen LogP contribution in [0.3, 0.4) is 0 Å². The number of benzene rings is 1. The Morgan fingerprint density at radius 2 is 1.89 bits per heavy atom. The first-order valence-electron chi connectivity index (χ1n) is 9.81. The van der Waals surface area contributed by atoms with Crippen molar-refractivity contribution in [2.75, 3.05) is 19.6 Å². The van der Waals surface area contributed by atoms with Crippen LogP contribution in [0, 0.1) is 6.92 Å².